The highest BCUT2D eigenvalue weighted by atomic mass is 32.2. The molecule has 1 amide bonds. The predicted octanol–water partition coefficient (Wildman–Crippen LogP) is 4.27. The van der Waals surface area contributed by atoms with Crippen LogP contribution in [-0.2, 0) is 10.1 Å². The van der Waals surface area contributed by atoms with Crippen LogP contribution in [0.5, 0.6) is 5.75 Å². The van der Waals surface area contributed by atoms with Crippen LogP contribution in [0.15, 0.2) is 65.6 Å². The summed E-state index contributed by atoms with van der Waals surface area (Å²) in [5.41, 5.74) is 1.09. The number of fused-ring (bicyclic) bond motifs is 3. The van der Waals surface area contributed by atoms with Crippen molar-refractivity contribution in [3.63, 3.8) is 0 Å². The molecule has 0 saturated carbocycles. The molecule has 0 spiro atoms. The number of methoxy groups -OCH3 is 1. The van der Waals surface area contributed by atoms with Crippen LogP contribution in [0.1, 0.15) is 9.67 Å². The first-order chi connectivity index (χ1) is 15.8. The Morgan fingerprint density at radius 3 is 2.27 bits per heavy atom. The Kier molecular flexibility index (Phi) is 5.48. The maximum Gasteiger partial charge on any atom is 0.295 e. The van der Waals surface area contributed by atoms with Gasteiger partial charge in [-0.3, -0.25) is 9.35 Å². The van der Waals surface area contributed by atoms with Gasteiger partial charge in [0.2, 0.25) is 0 Å². The molecule has 0 aliphatic carbocycles. The van der Waals surface area contributed by atoms with Gasteiger partial charge in [-0.25, -0.2) is 0 Å². The average Bonchev–Trinajstić information content (AvgIpc) is 3.27. The van der Waals surface area contributed by atoms with E-state index in [1.807, 2.05) is 41.3 Å². The average molecular weight is 483 g/mol. The molecular weight excluding hydrogens is 460 g/mol. The third-order valence-corrected chi connectivity index (χ3v) is 8.04. The van der Waals surface area contributed by atoms with Gasteiger partial charge < -0.3 is 14.5 Å². The highest BCUT2D eigenvalue weighted by Crippen LogP contribution is 2.37. The van der Waals surface area contributed by atoms with Crippen LogP contribution in [0.3, 0.4) is 0 Å². The third-order valence-electron chi connectivity index (χ3n) is 5.98. The Labute approximate surface area is 195 Å². The standard InChI is InChI=1S/C24H22N2O5S2/c1-31-18-8-6-17(7-9-18)25-10-12-26(13-11-25)24(27)21-14-16-15-22(33(28,29)30)19-4-2-3-5-20(19)23(16)32-21/h2-9,14-15H,10-13H2,1H3,(H,28,29,30). The van der Waals surface area contributed by atoms with E-state index in [4.69, 9.17) is 4.74 Å². The van der Waals surface area contributed by atoms with Gasteiger partial charge >= 0.3 is 0 Å². The van der Waals surface area contributed by atoms with Crippen molar-refractivity contribution in [1.29, 1.82) is 0 Å². The van der Waals surface area contributed by atoms with Crippen LogP contribution in [0, 0.1) is 0 Å². The van der Waals surface area contributed by atoms with Gasteiger partial charge in [-0.2, -0.15) is 8.42 Å². The number of rotatable bonds is 4. The summed E-state index contributed by atoms with van der Waals surface area (Å²) in [4.78, 5) is 17.7. The smallest absolute Gasteiger partial charge is 0.295 e. The van der Waals surface area contributed by atoms with Crippen LogP contribution in [0.4, 0.5) is 5.69 Å². The van der Waals surface area contributed by atoms with E-state index in [0.717, 1.165) is 29.2 Å². The normalized spacial score (nSPS) is 14.7. The van der Waals surface area contributed by atoms with Crippen molar-refractivity contribution in [3.05, 3.63) is 65.5 Å². The Morgan fingerprint density at radius 1 is 0.970 bits per heavy atom. The van der Waals surface area contributed by atoms with Crippen molar-refractivity contribution in [2.24, 2.45) is 0 Å². The van der Waals surface area contributed by atoms with Gasteiger partial charge in [-0.15, -0.1) is 11.3 Å². The molecule has 0 unspecified atom stereocenters. The highest BCUT2D eigenvalue weighted by molar-refractivity contribution is 7.86. The van der Waals surface area contributed by atoms with E-state index in [9.17, 15) is 17.8 Å². The molecule has 170 valence electrons. The van der Waals surface area contributed by atoms with Gasteiger partial charge in [-0.1, -0.05) is 24.3 Å². The molecule has 0 bridgehead atoms. The molecule has 5 rings (SSSR count). The quantitative estimate of drug-likeness (QED) is 0.437. The molecule has 1 N–H and O–H groups in total. The number of nitrogens with zero attached hydrogens (tertiary/aromatic N) is 2. The van der Waals surface area contributed by atoms with Crippen molar-refractivity contribution in [1.82, 2.24) is 4.90 Å². The van der Waals surface area contributed by atoms with Crippen LogP contribution in [-0.4, -0.2) is 57.1 Å². The second-order valence-corrected chi connectivity index (χ2v) is 10.3. The fraction of sp³-hybridized carbons (Fsp3) is 0.208. The molecule has 0 atom stereocenters. The fourth-order valence-corrected chi connectivity index (χ4v) is 6.15. The second-order valence-electron chi connectivity index (χ2n) is 7.90. The Morgan fingerprint density at radius 2 is 1.64 bits per heavy atom. The Hall–Kier alpha value is -3.14. The summed E-state index contributed by atoms with van der Waals surface area (Å²) < 4.78 is 39.6. The lowest BCUT2D eigenvalue weighted by molar-refractivity contribution is 0.0751. The number of ether oxygens (including phenoxy) is 1. The maximum atomic E-state index is 13.2. The molecule has 4 aromatic rings. The molecule has 2 heterocycles. The van der Waals surface area contributed by atoms with Gasteiger partial charge in [0.15, 0.2) is 0 Å². The summed E-state index contributed by atoms with van der Waals surface area (Å²) >= 11 is 1.35. The summed E-state index contributed by atoms with van der Waals surface area (Å²) in [5.74, 6) is 0.741. The molecule has 0 radical (unpaired) electrons. The molecule has 1 aliphatic heterocycles. The van der Waals surface area contributed by atoms with Crippen molar-refractivity contribution in [3.8, 4) is 5.75 Å². The number of thiophene rings is 1. The molecule has 33 heavy (non-hydrogen) atoms. The minimum absolute atomic E-state index is 0.0666. The van der Waals surface area contributed by atoms with E-state index in [0.29, 0.717) is 34.1 Å². The van der Waals surface area contributed by atoms with Gasteiger partial charge in [0.05, 0.1) is 12.0 Å². The zero-order valence-electron chi connectivity index (χ0n) is 17.9. The highest BCUT2D eigenvalue weighted by Gasteiger charge is 2.25. The molecule has 1 aliphatic rings. The van der Waals surface area contributed by atoms with Crippen LogP contribution in [0.25, 0.3) is 20.9 Å². The first kappa shape index (κ1) is 21.7. The molecular formula is C24H22N2O5S2. The topological polar surface area (TPSA) is 87.2 Å². The number of anilines is 1. The summed E-state index contributed by atoms with van der Waals surface area (Å²) in [7, 11) is -2.75. The van der Waals surface area contributed by atoms with Gasteiger partial charge in [0, 0.05) is 47.3 Å². The van der Waals surface area contributed by atoms with Crippen molar-refractivity contribution in [2.75, 3.05) is 38.2 Å². The number of benzene rings is 3. The molecule has 1 saturated heterocycles. The second kappa shape index (κ2) is 8.33. The Balaban J connectivity index is 1.41. The lowest BCUT2D eigenvalue weighted by atomic mass is 10.1. The van der Waals surface area contributed by atoms with Crippen LogP contribution in [0.2, 0.25) is 0 Å². The number of carbonyl (C=O) groups is 1. The number of hydrogen-bond donors (Lipinski definition) is 1. The first-order valence-corrected chi connectivity index (χ1v) is 12.7. The summed E-state index contributed by atoms with van der Waals surface area (Å²) in [6, 6.07) is 18.1. The fourth-order valence-electron chi connectivity index (χ4n) is 4.27. The summed E-state index contributed by atoms with van der Waals surface area (Å²) in [6.07, 6.45) is 0. The van der Waals surface area contributed by atoms with Gasteiger partial charge in [0.25, 0.3) is 16.0 Å². The molecule has 1 aromatic heterocycles. The zero-order chi connectivity index (χ0) is 23.2. The lowest BCUT2D eigenvalue weighted by Crippen LogP contribution is -2.48. The zero-order valence-corrected chi connectivity index (χ0v) is 19.5. The maximum absolute atomic E-state index is 13.2. The van der Waals surface area contributed by atoms with E-state index in [-0.39, 0.29) is 10.8 Å². The Bertz CT molecular complexity index is 1450. The number of piperazine rings is 1. The van der Waals surface area contributed by atoms with Crippen molar-refractivity contribution in [2.45, 2.75) is 4.90 Å². The number of carbonyl (C=O) groups excluding carboxylic acids is 1. The van der Waals surface area contributed by atoms with E-state index in [2.05, 4.69) is 4.90 Å². The minimum Gasteiger partial charge on any atom is -0.497 e. The van der Waals surface area contributed by atoms with Crippen LogP contribution >= 0.6 is 11.3 Å². The van der Waals surface area contributed by atoms with E-state index < -0.39 is 10.1 Å². The number of hydrogen-bond acceptors (Lipinski definition) is 6. The third kappa shape index (κ3) is 4.03. The van der Waals surface area contributed by atoms with Gasteiger partial charge in [0.1, 0.15) is 10.6 Å². The van der Waals surface area contributed by atoms with Crippen LogP contribution < -0.4 is 9.64 Å². The number of amides is 1. The SMILES string of the molecule is COc1ccc(N2CCN(C(=O)c3cc4cc(S(=O)(=O)O)c5ccccc5c4s3)CC2)cc1. The molecule has 7 nitrogen and oxygen atoms in total. The van der Waals surface area contributed by atoms with Crippen molar-refractivity contribution >= 4 is 53.9 Å². The monoisotopic (exact) mass is 482 g/mol. The summed E-state index contributed by atoms with van der Waals surface area (Å²) in [5, 5.41) is 1.78. The van der Waals surface area contributed by atoms with Gasteiger partial charge in [-0.05, 0) is 41.8 Å². The van der Waals surface area contributed by atoms with E-state index in [1.54, 1.807) is 25.3 Å². The molecule has 1 fully saturated rings. The largest absolute Gasteiger partial charge is 0.497 e. The summed E-state index contributed by atoms with van der Waals surface area (Å²) in [6.45, 7) is 2.63. The van der Waals surface area contributed by atoms with E-state index >= 15 is 0 Å². The van der Waals surface area contributed by atoms with Crippen molar-refractivity contribution < 1.29 is 22.5 Å². The predicted molar refractivity (Wildman–Crippen MR) is 130 cm³/mol. The molecule has 9 heteroatoms. The molecule has 3 aromatic carbocycles. The van der Waals surface area contributed by atoms with E-state index in [1.165, 1.54) is 17.4 Å². The lowest BCUT2D eigenvalue weighted by Gasteiger charge is -2.36. The first-order valence-electron chi connectivity index (χ1n) is 10.5. The minimum atomic E-state index is -4.39.